The summed E-state index contributed by atoms with van der Waals surface area (Å²) in [5, 5.41) is 2.84. The van der Waals surface area contributed by atoms with Crippen LogP contribution < -0.4 is 4.74 Å². The van der Waals surface area contributed by atoms with Crippen molar-refractivity contribution in [2.75, 3.05) is 40.8 Å². The molecule has 8 nitrogen and oxygen atoms in total. The average molecular weight is 485 g/mol. The molecule has 2 aliphatic heterocycles. The summed E-state index contributed by atoms with van der Waals surface area (Å²) in [5.41, 5.74) is -0.589. The molecule has 2 saturated heterocycles. The Morgan fingerprint density at radius 2 is 2.12 bits per heavy atom. The number of carbonyl (C=O) groups excluding carboxylic acids is 3. The molecule has 2 fully saturated rings. The minimum absolute atomic E-state index is 0.0199. The normalized spacial score (nSPS) is 23.1. The lowest BCUT2D eigenvalue weighted by Crippen LogP contribution is -2.46. The van der Waals surface area contributed by atoms with Gasteiger partial charge < -0.3 is 14.5 Å². The smallest absolute Gasteiger partial charge is 0.240 e. The lowest BCUT2D eigenvalue weighted by Gasteiger charge is -2.37. The van der Waals surface area contributed by atoms with Crippen molar-refractivity contribution in [2.24, 2.45) is 0 Å². The molecule has 9 heteroatoms. The van der Waals surface area contributed by atoms with Crippen LogP contribution in [0.15, 0.2) is 35.8 Å². The van der Waals surface area contributed by atoms with Gasteiger partial charge in [-0.3, -0.25) is 19.3 Å². The molecule has 0 spiro atoms. The van der Waals surface area contributed by atoms with Crippen molar-refractivity contribution in [1.29, 1.82) is 0 Å². The molecule has 0 aliphatic carbocycles. The Hall–Kier alpha value is -2.78. The number of amides is 3. The van der Waals surface area contributed by atoms with Gasteiger partial charge in [-0.15, -0.1) is 11.3 Å². The number of likely N-dealkylation sites (tertiary alicyclic amines) is 2. The zero-order chi connectivity index (χ0) is 24.3. The SMILES string of the molecule is COc1cccc([C@@]2(CC(=O)N3CCCC[C@@H]3c3nccs3)CC(=O)N(CCN(C)C)C2=O)c1. The summed E-state index contributed by atoms with van der Waals surface area (Å²) >= 11 is 1.55. The summed E-state index contributed by atoms with van der Waals surface area (Å²) in [5.74, 6) is -0.0605. The molecule has 2 atom stereocenters. The maximum atomic E-state index is 13.8. The van der Waals surface area contributed by atoms with E-state index in [-0.39, 0.29) is 36.6 Å². The van der Waals surface area contributed by atoms with Gasteiger partial charge in [-0.1, -0.05) is 12.1 Å². The minimum atomic E-state index is -1.24. The van der Waals surface area contributed by atoms with Gasteiger partial charge in [0, 0.05) is 44.1 Å². The molecule has 1 aromatic carbocycles. The van der Waals surface area contributed by atoms with Crippen molar-refractivity contribution in [3.05, 3.63) is 46.4 Å². The number of hydrogen-bond acceptors (Lipinski definition) is 7. The van der Waals surface area contributed by atoms with E-state index in [0.29, 0.717) is 30.9 Å². The van der Waals surface area contributed by atoms with Crippen LogP contribution in [0.25, 0.3) is 0 Å². The topological polar surface area (TPSA) is 83.1 Å². The summed E-state index contributed by atoms with van der Waals surface area (Å²) in [6.07, 6.45) is 4.50. The van der Waals surface area contributed by atoms with E-state index in [4.69, 9.17) is 4.74 Å². The molecule has 4 rings (SSSR count). The van der Waals surface area contributed by atoms with Crippen LogP contribution in [0.5, 0.6) is 5.75 Å². The Labute approximate surface area is 204 Å². The molecule has 0 radical (unpaired) electrons. The van der Waals surface area contributed by atoms with Gasteiger partial charge in [0.2, 0.25) is 17.7 Å². The number of nitrogens with zero attached hydrogens (tertiary/aromatic N) is 4. The maximum absolute atomic E-state index is 13.8. The van der Waals surface area contributed by atoms with Gasteiger partial charge >= 0.3 is 0 Å². The lowest BCUT2D eigenvalue weighted by atomic mass is 9.75. The van der Waals surface area contributed by atoms with Gasteiger partial charge in [0.25, 0.3) is 0 Å². The predicted molar refractivity (Wildman–Crippen MR) is 130 cm³/mol. The number of imide groups is 1. The number of ether oxygens (including phenoxy) is 1. The van der Waals surface area contributed by atoms with Gasteiger partial charge in [0.15, 0.2) is 0 Å². The van der Waals surface area contributed by atoms with Gasteiger partial charge in [-0.25, -0.2) is 4.98 Å². The van der Waals surface area contributed by atoms with Crippen molar-refractivity contribution in [1.82, 2.24) is 19.7 Å². The fourth-order valence-electron chi connectivity index (χ4n) is 4.96. The third kappa shape index (κ3) is 4.72. The summed E-state index contributed by atoms with van der Waals surface area (Å²) in [6, 6.07) is 7.13. The number of carbonyl (C=O) groups is 3. The third-order valence-electron chi connectivity index (χ3n) is 6.81. The summed E-state index contributed by atoms with van der Waals surface area (Å²) in [6.45, 7) is 1.50. The second kappa shape index (κ2) is 10.2. The monoisotopic (exact) mass is 484 g/mol. The van der Waals surface area contributed by atoms with E-state index in [9.17, 15) is 14.4 Å². The fraction of sp³-hybridized carbons (Fsp3) is 0.520. The molecular weight excluding hydrogens is 452 g/mol. The molecule has 0 saturated carbocycles. The first-order valence-corrected chi connectivity index (χ1v) is 12.6. The van der Waals surface area contributed by atoms with Crippen LogP contribution in [-0.2, 0) is 19.8 Å². The molecular formula is C25H32N4O4S. The molecule has 0 N–H and O–H groups in total. The molecule has 2 aliphatic rings. The molecule has 3 amide bonds. The first-order chi connectivity index (χ1) is 16.4. The van der Waals surface area contributed by atoms with E-state index in [2.05, 4.69) is 4.98 Å². The van der Waals surface area contributed by atoms with Crippen LogP contribution in [0.1, 0.15) is 48.7 Å². The largest absolute Gasteiger partial charge is 0.497 e. The predicted octanol–water partition coefficient (Wildman–Crippen LogP) is 2.85. The molecule has 3 heterocycles. The van der Waals surface area contributed by atoms with Gasteiger partial charge in [-0.2, -0.15) is 0 Å². The third-order valence-corrected chi connectivity index (χ3v) is 7.69. The maximum Gasteiger partial charge on any atom is 0.240 e. The summed E-state index contributed by atoms with van der Waals surface area (Å²) in [4.78, 5) is 50.3. The van der Waals surface area contributed by atoms with Gasteiger partial charge in [-0.05, 0) is 51.1 Å². The van der Waals surface area contributed by atoms with E-state index in [1.54, 1.807) is 42.8 Å². The number of likely N-dealkylation sites (N-methyl/N-ethyl adjacent to an activating group) is 1. The van der Waals surface area contributed by atoms with E-state index in [0.717, 1.165) is 24.3 Å². The first-order valence-electron chi connectivity index (χ1n) is 11.7. The highest BCUT2D eigenvalue weighted by molar-refractivity contribution is 7.09. The van der Waals surface area contributed by atoms with Crippen molar-refractivity contribution >= 4 is 29.1 Å². The van der Waals surface area contributed by atoms with E-state index >= 15 is 0 Å². The van der Waals surface area contributed by atoms with Crippen LogP contribution in [0, 0.1) is 0 Å². The number of piperidine rings is 1. The highest BCUT2D eigenvalue weighted by atomic mass is 32.1. The Balaban J connectivity index is 1.68. The highest BCUT2D eigenvalue weighted by Gasteiger charge is 2.54. The lowest BCUT2D eigenvalue weighted by molar-refractivity contribution is -0.144. The van der Waals surface area contributed by atoms with Crippen LogP contribution in [-0.4, -0.2) is 78.2 Å². The second-order valence-electron chi connectivity index (χ2n) is 9.29. The molecule has 182 valence electrons. The Bertz CT molecular complexity index is 1040. The first kappa shape index (κ1) is 24.3. The molecule has 34 heavy (non-hydrogen) atoms. The quantitative estimate of drug-likeness (QED) is 0.536. The van der Waals surface area contributed by atoms with Crippen molar-refractivity contribution in [2.45, 2.75) is 43.6 Å². The van der Waals surface area contributed by atoms with Crippen LogP contribution >= 0.6 is 11.3 Å². The molecule has 0 unspecified atom stereocenters. The Kier molecular flexibility index (Phi) is 7.33. The number of hydrogen-bond donors (Lipinski definition) is 0. The zero-order valence-corrected chi connectivity index (χ0v) is 20.8. The standard InChI is InChI=1S/C25H32N4O4S/c1-27(2)12-13-29-22(31)17-25(24(29)32,18-7-6-8-19(15-18)33-3)16-21(30)28-11-5-4-9-20(28)23-26-10-14-34-23/h6-8,10,14-15,20H,4-5,9,11-13,16-17H2,1-3H3/t20-,25-/m1/s1. The van der Waals surface area contributed by atoms with Crippen LogP contribution in [0.3, 0.4) is 0 Å². The highest BCUT2D eigenvalue weighted by Crippen LogP contribution is 2.43. The zero-order valence-electron chi connectivity index (χ0n) is 20.0. The van der Waals surface area contributed by atoms with Crippen molar-refractivity contribution < 1.29 is 19.1 Å². The van der Waals surface area contributed by atoms with E-state index in [1.807, 2.05) is 35.3 Å². The van der Waals surface area contributed by atoms with Crippen molar-refractivity contribution in [3.63, 3.8) is 0 Å². The average Bonchev–Trinajstić information content (AvgIpc) is 3.45. The number of thiazole rings is 1. The number of benzene rings is 1. The Morgan fingerprint density at radius 3 is 2.82 bits per heavy atom. The summed E-state index contributed by atoms with van der Waals surface area (Å²) in [7, 11) is 5.37. The number of aromatic nitrogens is 1. The van der Waals surface area contributed by atoms with Gasteiger partial charge in [0.05, 0.1) is 18.6 Å². The number of methoxy groups -OCH3 is 1. The van der Waals surface area contributed by atoms with Gasteiger partial charge in [0.1, 0.15) is 10.8 Å². The Morgan fingerprint density at radius 1 is 1.29 bits per heavy atom. The van der Waals surface area contributed by atoms with Crippen molar-refractivity contribution in [3.8, 4) is 5.75 Å². The van der Waals surface area contributed by atoms with Crippen LogP contribution in [0.4, 0.5) is 0 Å². The molecule has 2 aromatic rings. The molecule has 1 aromatic heterocycles. The van der Waals surface area contributed by atoms with E-state index in [1.165, 1.54) is 4.90 Å². The minimum Gasteiger partial charge on any atom is -0.497 e. The fourth-order valence-corrected chi connectivity index (χ4v) is 5.74. The van der Waals surface area contributed by atoms with Crippen LogP contribution in [0.2, 0.25) is 0 Å². The van der Waals surface area contributed by atoms with E-state index < -0.39 is 5.41 Å². The second-order valence-corrected chi connectivity index (χ2v) is 10.2. The number of rotatable bonds is 8. The summed E-state index contributed by atoms with van der Waals surface area (Å²) < 4.78 is 5.40. The molecule has 0 bridgehead atoms.